The van der Waals surface area contributed by atoms with E-state index in [0.29, 0.717) is 18.6 Å². The molecule has 0 unspecified atom stereocenters. The fraction of sp³-hybridized carbons (Fsp3) is 0.316. The van der Waals surface area contributed by atoms with Crippen molar-refractivity contribution in [1.82, 2.24) is 0 Å². The molecular weight excluding hydrogens is 244 g/mol. The van der Waals surface area contributed by atoms with Gasteiger partial charge in [-0.2, -0.15) is 0 Å². The molecule has 0 bridgehead atoms. The topological polar surface area (TPSA) is 17.1 Å². The third kappa shape index (κ3) is 4.34. The molecule has 0 radical (unpaired) electrons. The van der Waals surface area contributed by atoms with Gasteiger partial charge in [0, 0.05) is 12.8 Å². The highest BCUT2D eigenvalue weighted by Crippen LogP contribution is 2.12. The molecule has 1 nitrogen and oxygen atoms in total. The lowest BCUT2D eigenvalue weighted by molar-refractivity contribution is -0.118. The summed E-state index contributed by atoms with van der Waals surface area (Å²) in [6.07, 6.45) is 2.01. The van der Waals surface area contributed by atoms with E-state index in [0.717, 1.165) is 12.0 Å². The molecule has 0 saturated carbocycles. The van der Waals surface area contributed by atoms with Gasteiger partial charge in [-0.05, 0) is 38.3 Å². The molecule has 2 aromatic carbocycles. The van der Waals surface area contributed by atoms with Crippen molar-refractivity contribution < 1.29 is 4.79 Å². The molecule has 0 amide bonds. The zero-order valence-corrected chi connectivity index (χ0v) is 12.6. The highest BCUT2D eigenvalue weighted by Gasteiger charge is 2.05. The molecule has 0 atom stereocenters. The van der Waals surface area contributed by atoms with E-state index in [-0.39, 0.29) is 0 Å². The number of carbonyl (C=O) groups excluding carboxylic acids is 1. The molecular formula is C19H22O. The summed E-state index contributed by atoms with van der Waals surface area (Å²) in [6, 6.07) is 14.7. The van der Waals surface area contributed by atoms with Gasteiger partial charge < -0.3 is 0 Å². The van der Waals surface area contributed by atoms with Crippen LogP contribution in [0.15, 0.2) is 42.5 Å². The van der Waals surface area contributed by atoms with Gasteiger partial charge in [-0.3, -0.25) is 4.79 Å². The van der Waals surface area contributed by atoms with Crippen LogP contribution >= 0.6 is 0 Å². The van der Waals surface area contributed by atoms with E-state index in [1.807, 2.05) is 0 Å². The third-order valence-electron chi connectivity index (χ3n) is 3.46. The largest absolute Gasteiger partial charge is 0.299 e. The Kier molecular flexibility index (Phi) is 4.73. The number of Topliss-reactive ketones (excluding diaryl/α,β-unsaturated/α-hetero) is 1. The Morgan fingerprint density at radius 1 is 0.850 bits per heavy atom. The molecule has 0 aliphatic rings. The summed E-state index contributed by atoms with van der Waals surface area (Å²) in [5, 5.41) is 0. The monoisotopic (exact) mass is 266 g/mol. The van der Waals surface area contributed by atoms with Gasteiger partial charge in [0.15, 0.2) is 0 Å². The Hall–Kier alpha value is -1.89. The molecule has 2 rings (SSSR count). The number of benzene rings is 2. The first-order valence-corrected chi connectivity index (χ1v) is 7.17. The minimum Gasteiger partial charge on any atom is -0.299 e. The van der Waals surface area contributed by atoms with E-state index < -0.39 is 0 Å². The smallest absolute Gasteiger partial charge is 0.137 e. The first kappa shape index (κ1) is 14.5. The lowest BCUT2D eigenvalue weighted by atomic mass is 9.99. The SMILES string of the molecule is Cc1cccc(CCC(=O)Cc2cc(C)cc(C)c2)c1. The highest BCUT2D eigenvalue weighted by atomic mass is 16.1. The molecule has 104 valence electrons. The van der Waals surface area contributed by atoms with E-state index in [9.17, 15) is 4.79 Å². The van der Waals surface area contributed by atoms with Crippen molar-refractivity contribution >= 4 is 5.78 Å². The van der Waals surface area contributed by atoms with Crippen LogP contribution in [0.2, 0.25) is 0 Å². The van der Waals surface area contributed by atoms with Crippen LogP contribution in [0.1, 0.15) is 34.2 Å². The number of hydrogen-bond donors (Lipinski definition) is 0. The fourth-order valence-electron chi connectivity index (χ4n) is 2.64. The number of carbonyl (C=O) groups is 1. The van der Waals surface area contributed by atoms with Crippen LogP contribution in [0, 0.1) is 20.8 Å². The van der Waals surface area contributed by atoms with Gasteiger partial charge in [0.2, 0.25) is 0 Å². The standard InChI is InChI=1S/C19H22O/c1-14-5-4-6-17(10-14)7-8-19(20)13-18-11-15(2)9-16(3)12-18/h4-6,9-12H,7-8,13H2,1-3H3. The van der Waals surface area contributed by atoms with Crippen LogP contribution in [0.25, 0.3) is 0 Å². The van der Waals surface area contributed by atoms with Crippen LogP contribution in [-0.4, -0.2) is 5.78 Å². The molecule has 0 N–H and O–H groups in total. The summed E-state index contributed by atoms with van der Waals surface area (Å²) in [4.78, 5) is 12.1. The van der Waals surface area contributed by atoms with Crippen LogP contribution in [-0.2, 0) is 17.6 Å². The predicted octanol–water partition coefficient (Wildman–Crippen LogP) is 4.36. The fourth-order valence-corrected chi connectivity index (χ4v) is 2.64. The van der Waals surface area contributed by atoms with Gasteiger partial charge in [0.1, 0.15) is 5.78 Å². The van der Waals surface area contributed by atoms with Crippen molar-refractivity contribution in [2.75, 3.05) is 0 Å². The molecule has 0 saturated heterocycles. The Labute approximate surface area is 121 Å². The van der Waals surface area contributed by atoms with Gasteiger partial charge in [-0.25, -0.2) is 0 Å². The van der Waals surface area contributed by atoms with Gasteiger partial charge in [-0.15, -0.1) is 0 Å². The Morgan fingerprint density at radius 3 is 2.15 bits per heavy atom. The third-order valence-corrected chi connectivity index (χ3v) is 3.46. The van der Waals surface area contributed by atoms with E-state index in [1.165, 1.54) is 22.3 Å². The average Bonchev–Trinajstić information content (AvgIpc) is 2.35. The van der Waals surface area contributed by atoms with Crippen molar-refractivity contribution in [1.29, 1.82) is 0 Å². The van der Waals surface area contributed by atoms with E-state index in [4.69, 9.17) is 0 Å². The number of rotatable bonds is 5. The first-order valence-electron chi connectivity index (χ1n) is 7.17. The second kappa shape index (κ2) is 6.51. The summed E-state index contributed by atoms with van der Waals surface area (Å²) in [6.45, 7) is 6.24. The van der Waals surface area contributed by atoms with E-state index in [1.54, 1.807) is 0 Å². The molecule has 0 spiro atoms. The lowest BCUT2D eigenvalue weighted by Gasteiger charge is -2.05. The number of ketones is 1. The first-order chi connectivity index (χ1) is 9.52. The minimum atomic E-state index is 0.316. The normalized spacial score (nSPS) is 10.6. The van der Waals surface area contributed by atoms with Crippen LogP contribution in [0.5, 0.6) is 0 Å². The van der Waals surface area contributed by atoms with Crippen molar-refractivity contribution in [2.24, 2.45) is 0 Å². The van der Waals surface area contributed by atoms with Gasteiger partial charge in [0.05, 0.1) is 0 Å². The summed E-state index contributed by atoms with van der Waals surface area (Å²) in [5.41, 5.74) is 6.10. The minimum absolute atomic E-state index is 0.316. The van der Waals surface area contributed by atoms with E-state index in [2.05, 4.69) is 63.2 Å². The molecule has 1 heteroatoms. The summed E-state index contributed by atoms with van der Waals surface area (Å²) >= 11 is 0. The second-order valence-electron chi connectivity index (χ2n) is 5.70. The molecule has 0 heterocycles. The Bertz CT molecular complexity index is 591. The lowest BCUT2D eigenvalue weighted by Crippen LogP contribution is -2.05. The van der Waals surface area contributed by atoms with Crippen molar-refractivity contribution in [2.45, 2.75) is 40.0 Å². The quantitative estimate of drug-likeness (QED) is 0.786. The van der Waals surface area contributed by atoms with E-state index >= 15 is 0 Å². The summed E-state index contributed by atoms with van der Waals surface area (Å²) < 4.78 is 0. The van der Waals surface area contributed by atoms with Crippen LogP contribution in [0.4, 0.5) is 0 Å². The van der Waals surface area contributed by atoms with Gasteiger partial charge in [0.25, 0.3) is 0 Å². The van der Waals surface area contributed by atoms with Crippen molar-refractivity contribution in [3.05, 3.63) is 70.3 Å². The predicted molar refractivity (Wildman–Crippen MR) is 84.1 cm³/mol. The summed E-state index contributed by atoms with van der Waals surface area (Å²) in [5.74, 6) is 0.316. The van der Waals surface area contributed by atoms with Gasteiger partial charge in [-0.1, -0.05) is 59.2 Å². The maximum Gasteiger partial charge on any atom is 0.137 e. The van der Waals surface area contributed by atoms with Crippen molar-refractivity contribution in [3.8, 4) is 0 Å². The number of hydrogen-bond acceptors (Lipinski definition) is 1. The van der Waals surface area contributed by atoms with Crippen LogP contribution < -0.4 is 0 Å². The maximum atomic E-state index is 12.1. The molecule has 2 aromatic rings. The zero-order valence-electron chi connectivity index (χ0n) is 12.6. The highest BCUT2D eigenvalue weighted by molar-refractivity contribution is 5.81. The molecule has 0 aliphatic carbocycles. The Morgan fingerprint density at radius 2 is 1.50 bits per heavy atom. The molecule has 0 aliphatic heterocycles. The van der Waals surface area contributed by atoms with Crippen molar-refractivity contribution in [3.63, 3.8) is 0 Å². The van der Waals surface area contributed by atoms with Gasteiger partial charge >= 0.3 is 0 Å². The average molecular weight is 266 g/mol. The molecule has 0 aromatic heterocycles. The molecule has 20 heavy (non-hydrogen) atoms. The zero-order chi connectivity index (χ0) is 14.5. The Balaban J connectivity index is 1.92. The number of aryl methyl sites for hydroxylation is 4. The van der Waals surface area contributed by atoms with Crippen LogP contribution in [0.3, 0.4) is 0 Å². The molecule has 0 fully saturated rings. The maximum absolute atomic E-state index is 12.1. The summed E-state index contributed by atoms with van der Waals surface area (Å²) in [7, 11) is 0. The second-order valence-corrected chi connectivity index (χ2v) is 5.70.